The Hall–Kier alpha value is -3.37. The van der Waals surface area contributed by atoms with E-state index in [4.69, 9.17) is 15.2 Å². The predicted octanol–water partition coefficient (Wildman–Crippen LogP) is 4.88. The number of ether oxygens (including phenoxy) is 2. The van der Waals surface area contributed by atoms with Gasteiger partial charge in [0.05, 0.1) is 11.8 Å². The van der Waals surface area contributed by atoms with Crippen LogP contribution in [0.2, 0.25) is 0 Å². The molecule has 9 heteroatoms. The third-order valence-electron chi connectivity index (χ3n) is 11.3. The number of rotatable bonds is 8. The largest absolute Gasteiger partial charge is 0.487 e. The van der Waals surface area contributed by atoms with Gasteiger partial charge in [-0.25, -0.2) is 4.39 Å². The molecule has 2 aromatic rings. The molecule has 5 N–H and O–H groups in total. The number of nitrogen functional groups attached to an aromatic ring is 1. The average Bonchev–Trinajstić information content (AvgIpc) is 3.29. The molecule has 3 saturated carbocycles. The number of para-hydroxylation sites is 2. The van der Waals surface area contributed by atoms with E-state index in [1.165, 1.54) is 0 Å². The van der Waals surface area contributed by atoms with Crippen molar-refractivity contribution in [1.29, 1.82) is 0 Å². The number of nitrogens with two attached hydrogens (primary N) is 1. The number of ketones is 2. The third kappa shape index (κ3) is 5.23. The summed E-state index contributed by atoms with van der Waals surface area (Å²) in [6.07, 6.45) is 4.92. The molecule has 240 valence electrons. The quantitative estimate of drug-likeness (QED) is 0.242. The summed E-state index contributed by atoms with van der Waals surface area (Å²) in [5.41, 5.74) is 5.31. The highest BCUT2D eigenvalue weighted by Crippen LogP contribution is 2.67. The first-order valence-electron chi connectivity index (χ1n) is 15.7. The number of aliphatic hydroxyl groups excluding tert-OH is 3. The van der Waals surface area contributed by atoms with Gasteiger partial charge in [0.1, 0.15) is 30.4 Å². The second kappa shape index (κ2) is 11.5. The van der Waals surface area contributed by atoms with Crippen LogP contribution >= 0.6 is 0 Å². The van der Waals surface area contributed by atoms with Gasteiger partial charge in [-0.2, -0.15) is 0 Å². The number of Topliss-reactive ketones (excluding diaryl/α,β-unsaturated/α-hetero) is 1. The molecule has 0 aliphatic heterocycles. The van der Waals surface area contributed by atoms with Crippen molar-refractivity contribution in [2.24, 2.45) is 28.6 Å². The number of fused-ring (bicyclic) bond motifs is 5. The van der Waals surface area contributed by atoms with Gasteiger partial charge in [-0.1, -0.05) is 49.8 Å². The molecule has 3 fully saturated rings. The Morgan fingerprint density at radius 3 is 2.67 bits per heavy atom. The van der Waals surface area contributed by atoms with Gasteiger partial charge in [-0.05, 0) is 86.1 Å². The van der Waals surface area contributed by atoms with Crippen molar-refractivity contribution in [1.82, 2.24) is 0 Å². The van der Waals surface area contributed by atoms with Gasteiger partial charge in [-0.3, -0.25) is 9.59 Å². The Morgan fingerprint density at radius 1 is 1.18 bits per heavy atom. The van der Waals surface area contributed by atoms with E-state index in [1.54, 1.807) is 55.5 Å². The number of halogens is 1. The van der Waals surface area contributed by atoms with Crippen molar-refractivity contribution in [3.8, 4) is 5.75 Å². The van der Waals surface area contributed by atoms with E-state index >= 15 is 4.39 Å². The minimum Gasteiger partial charge on any atom is -0.487 e. The van der Waals surface area contributed by atoms with Crippen molar-refractivity contribution in [2.45, 2.75) is 77.5 Å². The van der Waals surface area contributed by atoms with Crippen LogP contribution in [0.1, 0.15) is 68.9 Å². The fourth-order valence-electron chi connectivity index (χ4n) is 9.14. The standard InChI is InChI=1S/C36H42FNO7/c1-20-8-9-21(18-44-28-7-5-4-6-26(28)38)32(37)30(20)33(43)45-36(29(42)17-39)15-25-24-11-10-22-14-23(40)12-13-35(22,3)31(24)27(41)16-34(25,2)19-36/h4-9,12-14,24-25,27,31,33,39,41,43H,10-11,15-19,38H2,1-3H3/t24-,25-,27-,31?,33-,34+,35-,36+/m0/s1. The summed E-state index contributed by atoms with van der Waals surface area (Å²) in [6.45, 7) is 4.82. The Bertz CT molecular complexity index is 1590. The Kier molecular flexibility index (Phi) is 8.05. The first kappa shape index (κ1) is 31.6. The maximum absolute atomic E-state index is 16.0. The van der Waals surface area contributed by atoms with Crippen LogP contribution in [0.3, 0.4) is 0 Å². The summed E-state index contributed by atoms with van der Waals surface area (Å²) in [5.74, 6) is -1.16. The van der Waals surface area contributed by atoms with Crippen LogP contribution < -0.4 is 10.5 Å². The molecule has 4 aliphatic rings. The molecule has 0 amide bonds. The molecule has 6 rings (SSSR count). The van der Waals surface area contributed by atoms with Gasteiger partial charge in [0.25, 0.3) is 0 Å². The van der Waals surface area contributed by atoms with Gasteiger partial charge in [0.2, 0.25) is 0 Å². The number of allylic oxidation sites excluding steroid dienone is 4. The van der Waals surface area contributed by atoms with Crippen LogP contribution in [0.15, 0.2) is 60.2 Å². The van der Waals surface area contributed by atoms with Crippen molar-refractivity contribution in [2.75, 3.05) is 12.3 Å². The molecular weight excluding hydrogens is 577 g/mol. The van der Waals surface area contributed by atoms with E-state index in [0.717, 1.165) is 12.0 Å². The minimum absolute atomic E-state index is 0.0113. The van der Waals surface area contributed by atoms with E-state index in [1.807, 2.05) is 13.0 Å². The number of benzene rings is 2. The molecule has 2 aromatic carbocycles. The van der Waals surface area contributed by atoms with Crippen LogP contribution in [0, 0.1) is 41.3 Å². The fraction of sp³-hybridized carbons (Fsp3) is 0.500. The highest BCUT2D eigenvalue weighted by Gasteiger charge is 2.65. The zero-order valence-corrected chi connectivity index (χ0v) is 26.0. The molecule has 0 aromatic heterocycles. The van der Waals surface area contributed by atoms with Gasteiger partial charge in [-0.15, -0.1) is 0 Å². The van der Waals surface area contributed by atoms with Gasteiger partial charge < -0.3 is 30.5 Å². The number of hydrogen-bond acceptors (Lipinski definition) is 8. The van der Waals surface area contributed by atoms with E-state index in [-0.39, 0.29) is 54.1 Å². The maximum atomic E-state index is 16.0. The predicted molar refractivity (Wildman–Crippen MR) is 165 cm³/mol. The zero-order valence-electron chi connectivity index (χ0n) is 26.0. The minimum atomic E-state index is -1.79. The van der Waals surface area contributed by atoms with Crippen LogP contribution in [0.4, 0.5) is 10.1 Å². The lowest BCUT2D eigenvalue weighted by atomic mass is 9.47. The monoisotopic (exact) mass is 619 g/mol. The van der Waals surface area contributed by atoms with E-state index in [2.05, 4.69) is 6.92 Å². The van der Waals surface area contributed by atoms with Gasteiger partial charge in [0.15, 0.2) is 17.9 Å². The zero-order chi connectivity index (χ0) is 32.3. The smallest absolute Gasteiger partial charge is 0.190 e. The lowest BCUT2D eigenvalue weighted by molar-refractivity contribution is -0.199. The average molecular weight is 620 g/mol. The second-order valence-corrected chi connectivity index (χ2v) is 14.0. The van der Waals surface area contributed by atoms with Crippen LogP contribution in [-0.4, -0.2) is 45.2 Å². The molecule has 0 bridgehead atoms. The topological polar surface area (TPSA) is 139 Å². The molecule has 8 nitrogen and oxygen atoms in total. The number of anilines is 1. The Labute approximate surface area is 262 Å². The SMILES string of the molecule is Cc1ccc(COc2ccccc2N)c(F)c1[C@@H](O)O[C@]1(C(=O)CO)C[C@H]2[C@@H]3CCC4=CC(=O)C=C[C@]4(C)C3[C@@H](O)C[C@]2(C)C1. The van der Waals surface area contributed by atoms with Crippen molar-refractivity contribution < 1.29 is 38.8 Å². The summed E-state index contributed by atoms with van der Waals surface area (Å²) in [4.78, 5) is 25.7. The first-order valence-corrected chi connectivity index (χ1v) is 15.7. The fourth-order valence-corrected chi connectivity index (χ4v) is 9.14. The van der Waals surface area contributed by atoms with Crippen LogP contribution in [-0.2, 0) is 20.9 Å². The summed E-state index contributed by atoms with van der Waals surface area (Å²) in [6, 6.07) is 10.1. The summed E-state index contributed by atoms with van der Waals surface area (Å²) in [7, 11) is 0. The number of hydrogen-bond donors (Lipinski definition) is 4. The molecule has 0 radical (unpaired) electrons. The highest BCUT2D eigenvalue weighted by atomic mass is 19.1. The molecule has 45 heavy (non-hydrogen) atoms. The number of aliphatic hydroxyl groups is 3. The van der Waals surface area contributed by atoms with E-state index in [9.17, 15) is 24.9 Å². The van der Waals surface area contributed by atoms with Crippen LogP contribution in [0.25, 0.3) is 0 Å². The number of aryl methyl sites for hydroxylation is 1. The number of carbonyl (C=O) groups excluding carboxylic acids is 2. The third-order valence-corrected chi connectivity index (χ3v) is 11.3. The molecule has 0 saturated heterocycles. The highest BCUT2D eigenvalue weighted by molar-refractivity contribution is 6.01. The van der Waals surface area contributed by atoms with Gasteiger partial charge in [0, 0.05) is 22.5 Å². The Balaban J connectivity index is 1.29. The van der Waals surface area contributed by atoms with Crippen molar-refractivity contribution >= 4 is 17.3 Å². The molecule has 0 heterocycles. The molecule has 1 unspecified atom stereocenters. The van der Waals surface area contributed by atoms with E-state index < -0.39 is 47.0 Å². The normalized spacial score (nSPS) is 34.4. The lowest BCUT2D eigenvalue weighted by Crippen LogP contribution is -2.54. The second-order valence-electron chi connectivity index (χ2n) is 14.0. The molecule has 8 atom stereocenters. The summed E-state index contributed by atoms with van der Waals surface area (Å²) < 4.78 is 28.0. The molecular formula is C36H42FNO7. The van der Waals surface area contributed by atoms with Crippen molar-refractivity contribution in [3.63, 3.8) is 0 Å². The van der Waals surface area contributed by atoms with Crippen LogP contribution in [0.5, 0.6) is 5.75 Å². The molecule has 4 aliphatic carbocycles. The number of carbonyl (C=O) groups is 2. The Morgan fingerprint density at radius 2 is 1.93 bits per heavy atom. The summed E-state index contributed by atoms with van der Waals surface area (Å²) >= 11 is 0. The lowest BCUT2D eigenvalue weighted by Gasteiger charge is -2.57. The summed E-state index contributed by atoms with van der Waals surface area (Å²) in [5, 5.41) is 33.2. The molecule has 0 spiro atoms. The van der Waals surface area contributed by atoms with Gasteiger partial charge >= 0.3 is 0 Å². The van der Waals surface area contributed by atoms with Crippen molar-refractivity contribution in [3.05, 3.63) is 82.7 Å². The first-order chi connectivity index (χ1) is 21.3. The maximum Gasteiger partial charge on any atom is 0.190 e. The van der Waals surface area contributed by atoms with E-state index in [0.29, 0.717) is 29.8 Å².